The van der Waals surface area contributed by atoms with Gasteiger partial charge in [-0.15, -0.1) is 0 Å². The summed E-state index contributed by atoms with van der Waals surface area (Å²) in [6.07, 6.45) is 1.65. The number of carbonyl (C=O) groups is 3. The van der Waals surface area contributed by atoms with Crippen LogP contribution < -0.4 is 25.0 Å². The molecule has 6 rings (SSSR count). The Morgan fingerprint density at radius 3 is 2.39 bits per heavy atom. The number of benzene rings is 4. The Bertz CT molecular complexity index is 1810. The van der Waals surface area contributed by atoms with Crippen LogP contribution in [0.1, 0.15) is 37.8 Å². The molecule has 0 aliphatic carbocycles. The summed E-state index contributed by atoms with van der Waals surface area (Å²) >= 11 is 0. The van der Waals surface area contributed by atoms with Crippen molar-refractivity contribution >= 4 is 46.6 Å². The molecular formula is C36H35N5O5. The first-order valence-corrected chi connectivity index (χ1v) is 15.0. The number of amides is 2. The smallest absolute Gasteiger partial charge is 0.259 e. The number of aliphatic imine (C=N–C) groups is 1. The van der Waals surface area contributed by atoms with Crippen LogP contribution in [0, 0.1) is 0 Å². The van der Waals surface area contributed by atoms with Crippen molar-refractivity contribution in [1.82, 2.24) is 4.90 Å². The molecule has 1 unspecified atom stereocenters. The fourth-order valence-electron chi connectivity index (χ4n) is 5.64. The van der Waals surface area contributed by atoms with Crippen molar-refractivity contribution in [1.29, 1.82) is 0 Å². The average Bonchev–Trinajstić information content (AvgIpc) is 3.41. The van der Waals surface area contributed by atoms with Crippen molar-refractivity contribution in [3.63, 3.8) is 0 Å². The van der Waals surface area contributed by atoms with Gasteiger partial charge in [0, 0.05) is 66.6 Å². The maximum Gasteiger partial charge on any atom is 0.259 e. The van der Waals surface area contributed by atoms with Gasteiger partial charge in [-0.3, -0.25) is 19.4 Å². The Morgan fingerprint density at radius 1 is 0.891 bits per heavy atom. The number of ether oxygens (including phenoxy) is 2. The second kappa shape index (κ2) is 13.3. The van der Waals surface area contributed by atoms with Gasteiger partial charge in [0.05, 0.1) is 25.5 Å². The molecule has 2 heterocycles. The minimum atomic E-state index is -0.565. The lowest BCUT2D eigenvalue weighted by atomic mass is 9.97. The molecule has 46 heavy (non-hydrogen) atoms. The number of ketones is 1. The number of nitrogens with zero attached hydrogens (tertiary/aromatic N) is 3. The Kier molecular flexibility index (Phi) is 8.80. The highest BCUT2D eigenvalue weighted by Gasteiger charge is 2.30. The van der Waals surface area contributed by atoms with Crippen molar-refractivity contribution in [2.75, 3.05) is 63.0 Å². The minimum absolute atomic E-state index is 0.198. The molecule has 4 aromatic carbocycles. The van der Waals surface area contributed by atoms with Crippen molar-refractivity contribution in [2.45, 2.75) is 5.92 Å². The second-order valence-corrected chi connectivity index (χ2v) is 11.3. The van der Waals surface area contributed by atoms with E-state index >= 15 is 0 Å². The van der Waals surface area contributed by atoms with Crippen LogP contribution in [0.25, 0.3) is 0 Å². The highest BCUT2D eigenvalue weighted by molar-refractivity contribution is 6.15. The SMILES string of the molecule is COc1ccc(C(=O)Nc2cccc(C(=O)c3ccc4c(c3)NC(=O)C4C=Nc3ccc(N4CCN(C)CC4)cc3)c2)c(OC)c1. The molecule has 234 valence electrons. The molecule has 1 saturated heterocycles. The molecule has 2 amide bonds. The zero-order valence-corrected chi connectivity index (χ0v) is 25.9. The number of rotatable bonds is 9. The second-order valence-electron chi connectivity index (χ2n) is 11.3. The number of piperazine rings is 1. The predicted octanol–water partition coefficient (Wildman–Crippen LogP) is 5.38. The predicted molar refractivity (Wildman–Crippen MR) is 179 cm³/mol. The lowest BCUT2D eigenvalue weighted by molar-refractivity contribution is -0.115. The summed E-state index contributed by atoms with van der Waals surface area (Å²) in [6.45, 7) is 4.06. The first kappa shape index (κ1) is 30.5. The molecule has 2 aliphatic heterocycles. The maximum absolute atomic E-state index is 13.5. The monoisotopic (exact) mass is 617 g/mol. The molecule has 2 aliphatic rings. The fourth-order valence-corrected chi connectivity index (χ4v) is 5.64. The molecule has 2 N–H and O–H groups in total. The van der Waals surface area contributed by atoms with Gasteiger partial charge < -0.3 is 29.9 Å². The van der Waals surface area contributed by atoms with Gasteiger partial charge in [-0.2, -0.15) is 0 Å². The van der Waals surface area contributed by atoms with Crippen LogP contribution in [-0.4, -0.2) is 76.2 Å². The largest absolute Gasteiger partial charge is 0.497 e. The van der Waals surface area contributed by atoms with Gasteiger partial charge in [0.1, 0.15) is 17.4 Å². The number of fused-ring (bicyclic) bond motifs is 1. The van der Waals surface area contributed by atoms with E-state index in [2.05, 4.69) is 44.6 Å². The van der Waals surface area contributed by atoms with Crippen LogP contribution in [0.5, 0.6) is 11.5 Å². The van der Waals surface area contributed by atoms with E-state index in [1.54, 1.807) is 66.9 Å². The number of methoxy groups -OCH3 is 2. The summed E-state index contributed by atoms with van der Waals surface area (Å²) in [6, 6.07) is 24.9. The molecule has 10 heteroatoms. The highest BCUT2D eigenvalue weighted by Crippen LogP contribution is 2.34. The van der Waals surface area contributed by atoms with Crippen LogP contribution in [0.4, 0.5) is 22.7 Å². The summed E-state index contributed by atoms with van der Waals surface area (Å²) in [4.78, 5) is 48.6. The Morgan fingerprint density at radius 2 is 1.65 bits per heavy atom. The van der Waals surface area contributed by atoms with Crippen LogP contribution in [0.15, 0.2) is 89.9 Å². The molecule has 1 atom stereocenters. The molecule has 0 aromatic heterocycles. The zero-order chi connectivity index (χ0) is 32.2. The van der Waals surface area contributed by atoms with Crippen molar-refractivity contribution in [3.8, 4) is 11.5 Å². The van der Waals surface area contributed by atoms with Gasteiger partial charge >= 0.3 is 0 Å². The lowest BCUT2D eigenvalue weighted by Crippen LogP contribution is -2.44. The first-order chi connectivity index (χ1) is 22.3. The molecule has 0 bridgehead atoms. The third-order valence-corrected chi connectivity index (χ3v) is 8.32. The molecule has 0 spiro atoms. The summed E-state index contributed by atoms with van der Waals surface area (Å²) in [5.74, 6) is -0.458. The van der Waals surface area contributed by atoms with Gasteiger partial charge in [0.2, 0.25) is 5.91 Å². The molecule has 10 nitrogen and oxygen atoms in total. The van der Waals surface area contributed by atoms with E-state index in [1.165, 1.54) is 19.9 Å². The normalized spacial score (nSPS) is 16.2. The van der Waals surface area contributed by atoms with Gasteiger partial charge in [-0.05, 0) is 67.2 Å². The molecule has 0 saturated carbocycles. The van der Waals surface area contributed by atoms with E-state index < -0.39 is 5.92 Å². The summed E-state index contributed by atoms with van der Waals surface area (Å²) in [5, 5.41) is 5.72. The zero-order valence-electron chi connectivity index (χ0n) is 25.9. The van der Waals surface area contributed by atoms with E-state index in [9.17, 15) is 14.4 Å². The van der Waals surface area contributed by atoms with E-state index in [-0.39, 0.29) is 17.6 Å². The summed E-state index contributed by atoms with van der Waals surface area (Å²) < 4.78 is 10.6. The fraction of sp³-hybridized carbons (Fsp3) is 0.222. The average molecular weight is 618 g/mol. The number of hydrogen-bond acceptors (Lipinski definition) is 8. The van der Waals surface area contributed by atoms with Crippen LogP contribution in [0.2, 0.25) is 0 Å². The van der Waals surface area contributed by atoms with E-state index in [1.807, 2.05) is 12.1 Å². The Labute approximate surface area is 267 Å². The van der Waals surface area contributed by atoms with Crippen LogP contribution >= 0.6 is 0 Å². The summed E-state index contributed by atoms with van der Waals surface area (Å²) in [5.41, 5.74) is 4.86. The standard InChI is InChI=1S/C36H35N5O5/c1-40-15-17-41(18-16-40)27-10-8-25(9-11-27)37-22-31-29-13-7-24(20-32(29)39-36(31)44)34(42)23-5-4-6-26(19-23)38-35(43)30-14-12-28(45-2)21-33(30)46-3/h4-14,19-22,31H,15-18H2,1-3H3,(H,38,43)(H,39,44). The third-order valence-electron chi connectivity index (χ3n) is 8.32. The van der Waals surface area contributed by atoms with Crippen molar-refractivity contribution in [3.05, 3.63) is 107 Å². The van der Waals surface area contributed by atoms with Gasteiger partial charge in [-0.25, -0.2) is 0 Å². The topological polar surface area (TPSA) is 113 Å². The number of likely N-dealkylation sites (N-methyl/N-ethyl adjacent to an activating group) is 1. The minimum Gasteiger partial charge on any atom is -0.497 e. The molecule has 0 radical (unpaired) electrons. The van der Waals surface area contributed by atoms with Crippen molar-refractivity contribution < 1.29 is 23.9 Å². The first-order valence-electron chi connectivity index (χ1n) is 15.0. The number of nitrogens with one attached hydrogen (secondary N) is 2. The Balaban J connectivity index is 1.13. The number of carbonyl (C=O) groups excluding carboxylic acids is 3. The molecule has 4 aromatic rings. The molecular weight excluding hydrogens is 582 g/mol. The number of hydrogen-bond donors (Lipinski definition) is 2. The van der Waals surface area contributed by atoms with Gasteiger partial charge in [-0.1, -0.05) is 24.3 Å². The van der Waals surface area contributed by atoms with E-state index in [0.717, 1.165) is 37.4 Å². The lowest BCUT2D eigenvalue weighted by Gasteiger charge is -2.34. The number of anilines is 3. The third kappa shape index (κ3) is 6.47. The Hall–Kier alpha value is -5.48. The van der Waals surface area contributed by atoms with E-state index in [0.29, 0.717) is 39.6 Å². The van der Waals surface area contributed by atoms with Gasteiger partial charge in [0.15, 0.2) is 5.78 Å². The maximum atomic E-state index is 13.5. The quantitative estimate of drug-likeness (QED) is 0.192. The van der Waals surface area contributed by atoms with E-state index in [4.69, 9.17) is 9.47 Å². The van der Waals surface area contributed by atoms with Gasteiger partial charge in [0.25, 0.3) is 5.91 Å². The van der Waals surface area contributed by atoms with Crippen LogP contribution in [-0.2, 0) is 4.79 Å². The van der Waals surface area contributed by atoms with Crippen LogP contribution in [0.3, 0.4) is 0 Å². The summed E-state index contributed by atoms with van der Waals surface area (Å²) in [7, 11) is 5.15. The molecule has 1 fully saturated rings. The van der Waals surface area contributed by atoms with Crippen molar-refractivity contribution in [2.24, 2.45) is 4.99 Å². The highest BCUT2D eigenvalue weighted by atomic mass is 16.5.